The molecule has 0 saturated carbocycles. The molecule has 2 heterocycles. The Morgan fingerprint density at radius 3 is 2.71 bits per heavy atom. The molecule has 0 saturated heterocycles. The van der Waals surface area contributed by atoms with Crippen LogP contribution in [0, 0.1) is 0 Å². The summed E-state index contributed by atoms with van der Waals surface area (Å²) < 4.78 is 0. The second-order valence-corrected chi connectivity index (χ2v) is 5.20. The smallest absolute Gasteiger partial charge is 0.0702 e. The van der Waals surface area contributed by atoms with Gasteiger partial charge in [0.15, 0.2) is 0 Å². The monoisotopic (exact) mass is 277 g/mol. The van der Waals surface area contributed by atoms with Gasteiger partial charge in [-0.2, -0.15) is 0 Å². The van der Waals surface area contributed by atoms with Crippen LogP contribution in [0.15, 0.2) is 61.1 Å². The molecule has 3 rings (SSSR count). The SMILES string of the molecule is CNC(CCc1ccncc1)c1cnc2ccccc2c1. The summed E-state index contributed by atoms with van der Waals surface area (Å²) >= 11 is 0. The largest absolute Gasteiger partial charge is 0.313 e. The van der Waals surface area contributed by atoms with Gasteiger partial charge in [-0.1, -0.05) is 18.2 Å². The number of hydrogen-bond donors (Lipinski definition) is 1. The average molecular weight is 277 g/mol. The van der Waals surface area contributed by atoms with Crippen molar-refractivity contribution >= 4 is 10.9 Å². The van der Waals surface area contributed by atoms with Gasteiger partial charge in [0.25, 0.3) is 0 Å². The van der Waals surface area contributed by atoms with Crippen LogP contribution in [0.5, 0.6) is 0 Å². The first kappa shape index (κ1) is 13.7. The highest BCUT2D eigenvalue weighted by molar-refractivity contribution is 5.78. The average Bonchev–Trinajstić information content (AvgIpc) is 2.56. The number of pyridine rings is 2. The molecule has 0 aliphatic carbocycles. The van der Waals surface area contributed by atoms with Gasteiger partial charge in [-0.05, 0) is 55.3 Å². The predicted octanol–water partition coefficient (Wildman–Crippen LogP) is 3.52. The predicted molar refractivity (Wildman–Crippen MR) is 86.1 cm³/mol. The number of hydrogen-bond acceptors (Lipinski definition) is 3. The Morgan fingerprint density at radius 1 is 1.10 bits per heavy atom. The Bertz CT molecular complexity index is 710. The Hall–Kier alpha value is -2.26. The van der Waals surface area contributed by atoms with Gasteiger partial charge in [0.2, 0.25) is 0 Å². The van der Waals surface area contributed by atoms with Crippen LogP contribution in [0.4, 0.5) is 0 Å². The fourth-order valence-electron chi connectivity index (χ4n) is 2.62. The Balaban J connectivity index is 1.78. The number of aryl methyl sites for hydroxylation is 1. The maximum atomic E-state index is 4.56. The number of nitrogens with one attached hydrogen (secondary N) is 1. The van der Waals surface area contributed by atoms with Gasteiger partial charge in [0, 0.05) is 30.0 Å². The Morgan fingerprint density at radius 2 is 1.90 bits per heavy atom. The Labute approximate surface area is 125 Å². The van der Waals surface area contributed by atoms with Gasteiger partial charge in [-0.3, -0.25) is 9.97 Å². The van der Waals surface area contributed by atoms with E-state index in [0.29, 0.717) is 6.04 Å². The molecule has 3 aromatic rings. The van der Waals surface area contributed by atoms with Crippen molar-refractivity contribution in [3.8, 4) is 0 Å². The lowest BCUT2D eigenvalue weighted by Crippen LogP contribution is -2.17. The molecule has 2 aromatic heterocycles. The second kappa shape index (κ2) is 6.46. The number of para-hydroxylation sites is 1. The molecule has 3 nitrogen and oxygen atoms in total. The van der Waals surface area contributed by atoms with Crippen LogP contribution >= 0.6 is 0 Å². The van der Waals surface area contributed by atoms with Crippen molar-refractivity contribution in [2.45, 2.75) is 18.9 Å². The van der Waals surface area contributed by atoms with Crippen LogP contribution in [0.2, 0.25) is 0 Å². The minimum absolute atomic E-state index is 0.315. The molecule has 1 unspecified atom stereocenters. The molecule has 0 amide bonds. The first-order valence-electron chi connectivity index (χ1n) is 7.27. The third-order valence-electron chi connectivity index (χ3n) is 3.83. The fraction of sp³-hybridized carbons (Fsp3) is 0.222. The topological polar surface area (TPSA) is 37.8 Å². The van der Waals surface area contributed by atoms with E-state index in [9.17, 15) is 0 Å². The van der Waals surface area contributed by atoms with Crippen LogP contribution in [-0.2, 0) is 6.42 Å². The lowest BCUT2D eigenvalue weighted by Gasteiger charge is -2.17. The first-order chi connectivity index (χ1) is 10.4. The summed E-state index contributed by atoms with van der Waals surface area (Å²) in [6, 6.07) is 14.9. The highest BCUT2D eigenvalue weighted by Crippen LogP contribution is 2.21. The van der Waals surface area contributed by atoms with Gasteiger partial charge in [-0.15, -0.1) is 0 Å². The molecule has 1 aromatic carbocycles. The fourth-order valence-corrected chi connectivity index (χ4v) is 2.62. The standard InChI is InChI=1S/C18H19N3/c1-19-17(7-6-14-8-10-20-11-9-14)16-12-15-4-2-3-5-18(15)21-13-16/h2-5,8-13,17,19H,6-7H2,1H3. The number of aromatic nitrogens is 2. The van der Waals surface area contributed by atoms with Gasteiger partial charge < -0.3 is 5.32 Å². The molecule has 106 valence electrons. The molecule has 1 atom stereocenters. The molecule has 0 bridgehead atoms. The molecule has 0 aliphatic rings. The minimum Gasteiger partial charge on any atom is -0.313 e. The van der Waals surface area contributed by atoms with Crippen molar-refractivity contribution in [2.24, 2.45) is 0 Å². The Kier molecular flexibility index (Phi) is 4.22. The molecular weight excluding hydrogens is 258 g/mol. The van der Waals surface area contributed by atoms with Crippen molar-refractivity contribution in [1.29, 1.82) is 0 Å². The van der Waals surface area contributed by atoms with Crippen LogP contribution in [-0.4, -0.2) is 17.0 Å². The minimum atomic E-state index is 0.315. The van der Waals surface area contributed by atoms with Crippen LogP contribution in [0.3, 0.4) is 0 Å². The number of benzene rings is 1. The normalized spacial score (nSPS) is 12.4. The zero-order valence-electron chi connectivity index (χ0n) is 12.2. The molecule has 0 spiro atoms. The summed E-state index contributed by atoms with van der Waals surface area (Å²) in [5, 5.41) is 4.59. The van der Waals surface area contributed by atoms with E-state index < -0.39 is 0 Å². The lowest BCUT2D eigenvalue weighted by atomic mass is 9.99. The molecule has 1 N–H and O–H groups in total. The maximum absolute atomic E-state index is 4.56. The first-order valence-corrected chi connectivity index (χ1v) is 7.27. The second-order valence-electron chi connectivity index (χ2n) is 5.20. The summed E-state index contributed by atoms with van der Waals surface area (Å²) in [7, 11) is 2.01. The summed E-state index contributed by atoms with van der Waals surface area (Å²) in [4.78, 5) is 8.61. The molecular formula is C18H19N3. The van der Waals surface area contributed by atoms with E-state index in [4.69, 9.17) is 0 Å². The van der Waals surface area contributed by atoms with E-state index in [0.717, 1.165) is 18.4 Å². The maximum Gasteiger partial charge on any atom is 0.0702 e. The third kappa shape index (κ3) is 3.26. The van der Waals surface area contributed by atoms with Gasteiger partial charge >= 0.3 is 0 Å². The van der Waals surface area contributed by atoms with E-state index in [2.05, 4.69) is 45.6 Å². The van der Waals surface area contributed by atoms with Crippen molar-refractivity contribution in [1.82, 2.24) is 15.3 Å². The summed E-state index contributed by atoms with van der Waals surface area (Å²) in [6.45, 7) is 0. The van der Waals surface area contributed by atoms with E-state index in [-0.39, 0.29) is 0 Å². The van der Waals surface area contributed by atoms with E-state index in [1.165, 1.54) is 16.5 Å². The van der Waals surface area contributed by atoms with E-state index in [1.807, 2.05) is 37.8 Å². The molecule has 0 fully saturated rings. The van der Waals surface area contributed by atoms with Crippen LogP contribution < -0.4 is 5.32 Å². The quantitative estimate of drug-likeness (QED) is 0.775. The molecule has 0 radical (unpaired) electrons. The van der Waals surface area contributed by atoms with E-state index >= 15 is 0 Å². The summed E-state index contributed by atoms with van der Waals surface area (Å²) in [5.74, 6) is 0. The van der Waals surface area contributed by atoms with Gasteiger partial charge in [0.05, 0.1) is 5.52 Å². The number of nitrogens with zero attached hydrogens (tertiary/aromatic N) is 2. The molecule has 21 heavy (non-hydrogen) atoms. The molecule has 3 heteroatoms. The zero-order chi connectivity index (χ0) is 14.5. The highest BCUT2D eigenvalue weighted by atomic mass is 14.9. The van der Waals surface area contributed by atoms with Crippen molar-refractivity contribution in [2.75, 3.05) is 7.05 Å². The highest BCUT2D eigenvalue weighted by Gasteiger charge is 2.10. The van der Waals surface area contributed by atoms with Crippen LogP contribution in [0.1, 0.15) is 23.6 Å². The van der Waals surface area contributed by atoms with Gasteiger partial charge in [-0.25, -0.2) is 0 Å². The van der Waals surface area contributed by atoms with Crippen molar-refractivity contribution < 1.29 is 0 Å². The summed E-state index contributed by atoms with van der Waals surface area (Å²) in [5.41, 5.74) is 3.61. The lowest BCUT2D eigenvalue weighted by molar-refractivity contribution is 0.548. The zero-order valence-corrected chi connectivity index (χ0v) is 12.2. The number of fused-ring (bicyclic) bond motifs is 1. The van der Waals surface area contributed by atoms with Crippen molar-refractivity contribution in [3.05, 3.63) is 72.2 Å². The summed E-state index contributed by atoms with van der Waals surface area (Å²) in [6.07, 6.45) is 7.75. The third-order valence-corrected chi connectivity index (χ3v) is 3.83. The molecule has 0 aliphatic heterocycles. The van der Waals surface area contributed by atoms with Gasteiger partial charge in [0.1, 0.15) is 0 Å². The number of rotatable bonds is 5. The van der Waals surface area contributed by atoms with Crippen LogP contribution in [0.25, 0.3) is 10.9 Å². The van der Waals surface area contributed by atoms with E-state index in [1.54, 1.807) is 0 Å². The van der Waals surface area contributed by atoms with Crippen molar-refractivity contribution in [3.63, 3.8) is 0 Å².